The molecule has 0 aliphatic heterocycles. The molecule has 0 aliphatic carbocycles. The molecule has 0 atom stereocenters. The third-order valence-electron chi connectivity index (χ3n) is 2.33. The Kier molecular flexibility index (Phi) is 7.51. The molecule has 0 unspecified atom stereocenters. The second-order valence-corrected chi connectivity index (χ2v) is 6.13. The number of nitrogens with one attached hydrogen (secondary N) is 1. The first-order chi connectivity index (χ1) is 8.58. The first-order valence-electron chi connectivity index (χ1n) is 6.58. The smallest absolute Gasteiger partial charge is 0.0810 e. The largest absolute Gasteiger partial charge is 0.376 e. The van der Waals surface area contributed by atoms with Gasteiger partial charge in [-0.1, -0.05) is 13.8 Å². The lowest BCUT2D eigenvalue weighted by Gasteiger charge is -2.07. The molecular weight excluding hydrogens is 246 g/mol. The quantitative estimate of drug-likeness (QED) is 0.700. The van der Waals surface area contributed by atoms with E-state index in [2.05, 4.69) is 31.3 Å². The maximum atomic E-state index is 5.57. The zero-order valence-corrected chi connectivity index (χ0v) is 12.7. The molecule has 1 N–H and O–H groups in total. The van der Waals surface area contributed by atoms with E-state index in [1.165, 1.54) is 9.75 Å². The fourth-order valence-electron chi connectivity index (χ4n) is 1.42. The normalized spacial score (nSPS) is 11.7. The van der Waals surface area contributed by atoms with Gasteiger partial charge in [-0.3, -0.25) is 0 Å². The molecule has 1 aromatic rings. The second kappa shape index (κ2) is 8.64. The van der Waals surface area contributed by atoms with E-state index < -0.39 is 0 Å². The van der Waals surface area contributed by atoms with Gasteiger partial charge in [-0.2, -0.15) is 0 Å². The minimum atomic E-state index is 0.282. The number of rotatable bonds is 9. The van der Waals surface area contributed by atoms with Gasteiger partial charge in [0.2, 0.25) is 0 Å². The zero-order valence-electron chi connectivity index (χ0n) is 11.9. The highest BCUT2D eigenvalue weighted by molar-refractivity contribution is 7.11. The Labute approximate surface area is 114 Å². The van der Waals surface area contributed by atoms with Crippen molar-refractivity contribution in [3.8, 4) is 0 Å². The van der Waals surface area contributed by atoms with Crippen molar-refractivity contribution in [3.05, 3.63) is 21.9 Å². The fraction of sp³-hybridized carbons (Fsp3) is 0.714. The lowest BCUT2D eigenvalue weighted by molar-refractivity contribution is 0.0149. The molecule has 104 valence electrons. The van der Waals surface area contributed by atoms with E-state index in [-0.39, 0.29) is 6.10 Å². The lowest BCUT2D eigenvalue weighted by atomic mass is 10.3. The Morgan fingerprint density at radius 2 is 1.83 bits per heavy atom. The highest BCUT2D eigenvalue weighted by atomic mass is 32.1. The summed E-state index contributed by atoms with van der Waals surface area (Å²) >= 11 is 1.81. The first-order valence-corrected chi connectivity index (χ1v) is 7.40. The number of ether oxygens (including phenoxy) is 2. The topological polar surface area (TPSA) is 30.5 Å². The van der Waals surface area contributed by atoms with Crippen molar-refractivity contribution in [1.82, 2.24) is 5.32 Å². The summed E-state index contributed by atoms with van der Waals surface area (Å²) < 4.78 is 11.0. The van der Waals surface area contributed by atoms with Gasteiger partial charge in [0, 0.05) is 22.3 Å². The molecule has 1 rings (SSSR count). The molecule has 0 radical (unpaired) electrons. The summed E-state index contributed by atoms with van der Waals surface area (Å²) in [4.78, 5) is 2.64. The van der Waals surface area contributed by atoms with Crippen LogP contribution in [0.25, 0.3) is 0 Å². The van der Waals surface area contributed by atoms with Crippen LogP contribution in [0.15, 0.2) is 12.1 Å². The molecule has 1 heterocycles. The molecule has 0 aliphatic rings. The average Bonchev–Trinajstić information content (AvgIpc) is 2.73. The highest BCUT2D eigenvalue weighted by Crippen LogP contribution is 2.17. The maximum Gasteiger partial charge on any atom is 0.0810 e. The summed E-state index contributed by atoms with van der Waals surface area (Å²) in [7, 11) is 0. The average molecular weight is 271 g/mol. The van der Waals surface area contributed by atoms with Crippen LogP contribution in [0.4, 0.5) is 0 Å². The van der Waals surface area contributed by atoms with Gasteiger partial charge < -0.3 is 14.8 Å². The van der Waals surface area contributed by atoms with Gasteiger partial charge >= 0.3 is 0 Å². The van der Waals surface area contributed by atoms with Gasteiger partial charge in [0.15, 0.2) is 0 Å². The minimum absolute atomic E-state index is 0.282. The van der Waals surface area contributed by atoms with Crippen LogP contribution >= 0.6 is 11.3 Å². The van der Waals surface area contributed by atoms with Crippen LogP contribution in [0.5, 0.6) is 0 Å². The number of hydrogen-bond donors (Lipinski definition) is 1. The Balaban J connectivity index is 2.15. The summed E-state index contributed by atoms with van der Waals surface area (Å²) in [5.74, 6) is 0. The van der Waals surface area contributed by atoms with E-state index in [0.717, 1.165) is 6.54 Å². The maximum absolute atomic E-state index is 5.57. The van der Waals surface area contributed by atoms with E-state index in [4.69, 9.17) is 9.47 Å². The predicted octanol–water partition coefficient (Wildman–Crippen LogP) is 3.19. The summed E-state index contributed by atoms with van der Waals surface area (Å²) in [5, 5.41) is 3.41. The Morgan fingerprint density at radius 3 is 2.50 bits per heavy atom. The van der Waals surface area contributed by atoms with Gasteiger partial charge in [0.25, 0.3) is 0 Å². The molecule has 0 bridgehead atoms. The van der Waals surface area contributed by atoms with Crippen LogP contribution in [0.1, 0.15) is 37.4 Å². The van der Waals surface area contributed by atoms with Crippen LogP contribution in [0.3, 0.4) is 0 Å². The Morgan fingerprint density at radius 1 is 1.11 bits per heavy atom. The predicted molar refractivity (Wildman–Crippen MR) is 77.0 cm³/mol. The third kappa shape index (κ3) is 7.11. The van der Waals surface area contributed by atoms with E-state index >= 15 is 0 Å². The van der Waals surface area contributed by atoms with E-state index in [1.807, 2.05) is 25.2 Å². The second-order valence-electron chi connectivity index (χ2n) is 4.88. The van der Waals surface area contributed by atoms with Crippen molar-refractivity contribution in [2.24, 2.45) is 0 Å². The van der Waals surface area contributed by atoms with Crippen LogP contribution < -0.4 is 5.32 Å². The van der Waals surface area contributed by atoms with Crippen molar-refractivity contribution >= 4 is 11.3 Å². The molecule has 0 fully saturated rings. The molecule has 0 saturated heterocycles. The van der Waals surface area contributed by atoms with Crippen LogP contribution in [-0.2, 0) is 22.6 Å². The van der Waals surface area contributed by atoms with Gasteiger partial charge in [-0.25, -0.2) is 0 Å². The van der Waals surface area contributed by atoms with Crippen molar-refractivity contribution in [3.63, 3.8) is 0 Å². The lowest BCUT2D eigenvalue weighted by Crippen LogP contribution is -2.21. The highest BCUT2D eigenvalue weighted by Gasteiger charge is 2.01. The summed E-state index contributed by atoms with van der Waals surface area (Å²) in [5.41, 5.74) is 0. The van der Waals surface area contributed by atoms with E-state index in [9.17, 15) is 0 Å². The summed E-state index contributed by atoms with van der Waals surface area (Å²) in [6, 6.07) is 4.84. The number of thiophene rings is 1. The van der Waals surface area contributed by atoms with Crippen molar-refractivity contribution in [2.45, 2.75) is 53.0 Å². The monoisotopic (exact) mass is 271 g/mol. The van der Waals surface area contributed by atoms with Gasteiger partial charge in [0.1, 0.15) is 0 Å². The minimum Gasteiger partial charge on any atom is -0.376 e. The van der Waals surface area contributed by atoms with Crippen LogP contribution in [0.2, 0.25) is 0 Å². The molecule has 0 aromatic carbocycles. The van der Waals surface area contributed by atoms with Crippen molar-refractivity contribution in [2.75, 3.05) is 13.2 Å². The number of hydrogen-bond acceptors (Lipinski definition) is 4. The molecule has 0 amide bonds. The zero-order chi connectivity index (χ0) is 13.4. The van der Waals surface area contributed by atoms with E-state index in [0.29, 0.717) is 25.9 Å². The molecule has 0 spiro atoms. The Hall–Kier alpha value is -0.420. The van der Waals surface area contributed by atoms with Crippen LogP contribution in [-0.4, -0.2) is 25.4 Å². The van der Waals surface area contributed by atoms with E-state index in [1.54, 1.807) is 0 Å². The first kappa shape index (κ1) is 15.6. The molecule has 18 heavy (non-hydrogen) atoms. The van der Waals surface area contributed by atoms with Crippen molar-refractivity contribution < 1.29 is 9.47 Å². The van der Waals surface area contributed by atoms with Gasteiger partial charge in [0.05, 0.1) is 25.9 Å². The van der Waals surface area contributed by atoms with Crippen LogP contribution in [0, 0.1) is 0 Å². The SMILES string of the molecule is CC(C)NCc1ccc(COCCOC(C)C)s1. The van der Waals surface area contributed by atoms with Gasteiger partial charge in [-0.05, 0) is 26.0 Å². The molecule has 3 nitrogen and oxygen atoms in total. The molecule has 0 saturated carbocycles. The standard InChI is InChI=1S/C14H25NO2S/c1-11(2)15-9-13-5-6-14(18-13)10-16-7-8-17-12(3)4/h5-6,11-12,15H,7-10H2,1-4H3. The Bertz CT molecular complexity index is 323. The third-order valence-corrected chi connectivity index (χ3v) is 3.38. The van der Waals surface area contributed by atoms with Crippen molar-refractivity contribution in [1.29, 1.82) is 0 Å². The molecular formula is C14H25NO2S. The molecule has 4 heteroatoms. The summed E-state index contributed by atoms with van der Waals surface area (Å²) in [6.45, 7) is 11.4. The summed E-state index contributed by atoms with van der Waals surface area (Å²) in [6.07, 6.45) is 0.282. The molecule has 1 aromatic heterocycles. The fourth-order valence-corrected chi connectivity index (χ4v) is 2.32. The van der Waals surface area contributed by atoms with Gasteiger partial charge in [-0.15, -0.1) is 11.3 Å².